The Labute approximate surface area is 98.8 Å². The van der Waals surface area contributed by atoms with Crippen molar-refractivity contribution in [3.05, 3.63) is 0 Å². The molecule has 1 atom stereocenters. The molecule has 0 fully saturated rings. The molecule has 0 aliphatic rings. The normalized spacial score (nSPS) is 12.1. The van der Waals surface area contributed by atoms with E-state index in [1.54, 1.807) is 0 Å². The lowest BCUT2D eigenvalue weighted by Crippen LogP contribution is -2.32. The number of anilines is 2. The van der Waals surface area contributed by atoms with E-state index in [4.69, 9.17) is 5.73 Å². The van der Waals surface area contributed by atoms with Crippen molar-refractivity contribution in [2.45, 2.75) is 32.7 Å². The highest BCUT2D eigenvalue weighted by atomic mass is 32.1. The summed E-state index contributed by atoms with van der Waals surface area (Å²) in [5, 5.41) is 6.52. The van der Waals surface area contributed by atoms with Crippen LogP contribution in [-0.2, 0) is 4.79 Å². The first-order valence-electron chi connectivity index (χ1n) is 5.24. The van der Waals surface area contributed by atoms with Gasteiger partial charge < -0.3 is 16.4 Å². The number of nitrogen functional groups attached to an aromatic ring is 1. The van der Waals surface area contributed by atoms with Crippen LogP contribution in [0.2, 0.25) is 0 Å². The molecule has 0 bridgehead atoms. The number of hydrogen-bond donors (Lipinski definition) is 3. The molecule has 6 nitrogen and oxygen atoms in total. The highest BCUT2D eigenvalue weighted by Crippen LogP contribution is 2.11. The molecule has 1 aromatic rings. The monoisotopic (exact) mass is 243 g/mol. The van der Waals surface area contributed by atoms with Crippen LogP contribution >= 0.6 is 11.5 Å². The van der Waals surface area contributed by atoms with Crippen molar-refractivity contribution in [2.75, 3.05) is 17.6 Å². The number of amides is 1. The largest absolute Gasteiger partial charge is 0.367 e. The fourth-order valence-corrected chi connectivity index (χ4v) is 1.56. The molecule has 90 valence electrons. The van der Waals surface area contributed by atoms with Crippen LogP contribution < -0.4 is 16.4 Å². The van der Waals surface area contributed by atoms with E-state index < -0.39 is 0 Å². The second kappa shape index (κ2) is 6.26. The van der Waals surface area contributed by atoms with Crippen LogP contribution in [0, 0.1) is 0 Å². The molecule has 1 amide bonds. The first-order chi connectivity index (χ1) is 7.61. The predicted molar refractivity (Wildman–Crippen MR) is 65.3 cm³/mol. The number of rotatable bonds is 6. The third-order valence-electron chi connectivity index (χ3n) is 2.09. The van der Waals surface area contributed by atoms with Gasteiger partial charge in [0, 0.05) is 30.5 Å². The lowest BCUT2D eigenvalue weighted by molar-refractivity contribution is -0.121. The number of nitrogens with one attached hydrogen (secondary N) is 2. The molecule has 16 heavy (non-hydrogen) atoms. The highest BCUT2D eigenvalue weighted by molar-refractivity contribution is 7.09. The van der Waals surface area contributed by atoms with Crippen LogP contribution in [-0.4, -0.2) is 27.9 Å². The summed E-state index contributed by atoms with van der Waals surface area (Å²) in [4.78, 5) is 15.3. The highest BCUT2D eigenvalue weighted by Gasteiger charge is 2.05. The van der Waals surface area contributed by atoms with E-state index in [2.05, 4.69) is 20.0 Å². The molecule has 0 radical (unpaired) electrons. The topological polar surface area (TPSA) is 92.9 Å². The van der Waals surface area contributed by atoms with Crippen molar-refractivity contribution in [3.63, 3.8) is 0 Å². The smallest absolute Gasteiger partial charge is 0.233 e. The van der Waals surface area contributed by atoms with Crippen LogP contribution in [0.25, 0.3) is 0 Å². The molecule has 0 aliphatic heterocycles. The van der Waals surface area contributed by atoms with Crippen molar-refractivity contribution in [1.82, 2.24) is 14.7 Å². The van der Waals surface area contributed by atoms with E-state index in [0.717, 1.165) is 6.42 Å². The molecular formula is C9H17N5OS. The standard InChI is InChI=1S/C9H17N5OS/c1-3-6(2)12-7(15)4-5-11-9-13-8(10)14-16-9/h6H,3-5H2,1-2H3,(H,12,15)(H3,10,11,13,14). The van der Waals surface area contributed by atoms with E-state index in [1.165, 1.54) is 11.5 Å². The second-order valence-corrected chi connectivity index (χ2v) is 4.26. The summed E-state index contributed by atoms with van der Waals surface area (Å²) in [5.74, 6) is 0.302. The van der Waals surface area contributed by atoms with Gasteiger partial charge in [0.2, 0.25) is 17.0 Å². The number of aromatic nitrogens is 2. The molecule has 0 aliphatic carbocycles. The molecule has 1 rings (SSSR count). The summed E-state index contributed by atoms with van der Waals surface area (Å²) < 4.78 is 3.82. The van der Waals surface area contributed by atoms with Gasteiger partial charge in [-0.1, -0.05) is 6.92 Å². The van der Waals surface area contributed by atoms with E-state index in [-0.39, 0.29) is 17.9 Å². The fraction of sp³-hybridized carbons (Fsp3) is 0.667. The van der Waals surface area contributed by atoms with E-state index in [9.17, 15) is 4.79 Å². The van der Waals surface area contributed by atoms with Gasteiger partial charge in [-0.05, 0) is 13.3 Å². The van der Waals surface area contributed by atoms with Crippen molar-refractivity contribution in [3.8, 4) is 0 Å². The van der Waals surface area contributed by atoms with E-state index >= 15 is 0 Å². The molecular weight excluding hydrogens is 226 g/mol. The zero-order chi connectivity index (χ0) is 12.0. The Balaban J connectivity index is 2.18. The summed E-state index contributed by atoms with van der Waals surface area (Å²) >= 11 is 1.19. The third kappa shape index (κ3) is 4.43. The number of hydrogen-bond acceptors (Lipinski definition) is 6. The van der Waals surface area contributed by atoms with E-state index in [1.807, 2.05) is 13.8 Å². The quantitative estimate of drug-likeness (QED) is 0.688. The molecule has 0 saturated carbocycles. The molecule has 0 saturated heterocycles. The van der Waals surface area contributed by atoms with Crippen molar-refractivity contribution in [2.24, 2.45) is 0 Å². The van der Waals surface area contributed by atoms with Crippen molar-refractivity contribution < 1.29 is 4.79 Å². The Bertz CT molecular complexity index is 340. The average Bonchev–Trinajstić information content (AvgIpc) is 2.64. The second-order valence-electron chi connectivity index (χ2n) is 3.51. The van der Waals surface area contributed by atoms with Gasteiger partial charge in [-0.3, -0.25) is 4.79 Å². The summed E-state index contributed by atoms with van der Waals surface area (Å²) in [6.07, 6.45) is 1.36. The maximum absolute atomic E-state index is 11.4. The molecule has 1 aromatic heterocycles. The lowest BCUT2D eigenvalue weighted by atomic mass is 10.2. The van der Waals surface area contributed by atoms with Gasteiger partial charge >= 0.3 is 0 Å². The number of carbonyl (C=O) groups is 1. The van der Waals surface area contributed by atoms with Gasteiger partial charge in [-0.25, -0.2) is 0 Å². The predicted octanol–water partition coefficient (Wildman–Crippen LogP) is 0.837. The Kier molecular flexibility index (Phi) is 4.97. The fourth-order valence-electron chi connectivity index (χ4n) is 1.04. The van der Waals surface area contributed by atoms with Crippen LogP contribution in [0.5, 0.6) is 0 Å². The molecule has 1 unspecified atom stereocenters. The van der Waals surface area contributed by atoms with Gasteiger partial charge in [0.25, 0.3) is 0 Å². The SMILES string of the molecule is CCC(C)NC(=O)CCNc1nc(N)ns1. The zero-order valence-electron chi connectivity index (χ0n) is 9.49. The Morgan fingerprint density at radius 2 is 2.38 bits per heavy atom. The molecule has 0 aromatic carbocycles. The molecule has 1 heterocycles. The zero-order valence-corrected chi connectivity index (χ0v) is 10.3. The summed E-state index contributed by atoms with van der Waals surface area (Å²) in [6, 6.07) is 0.227. The minimum absolute atomic E-state index is 0.0411. The number of nitrogens with two attached hydrogens (primary N) is 1. The number of carbonyl (C=O) groups excluding carboxylic acids is 1. The van der Waals surface area contributed by atoms with Crippen molar-refractivity contribution >= 4 is 28.5 Å². The van der Waals surface area contributed by atoms with Gasteiger partial charge in [0.1, 0.15) is 0 Å². The van der Waals surface area contributed by atoms with Crippen molar-refractivity contribution in [1.29, 1.82) is 0 Å². The minimum atomic E-state index is 0.0411. The minimum Gasteiger partial charge on any atom is -0.367 e. The van der Waals surface area contributed by atoms with Crippen LogP contribution in [0.15, 0.2) is 0 Å². The molecule has 7 heteroatoms. The lowest BCUT2D eigenvalue weighted by Gasteiger charge is -2.10. The van der Waals surface area contributed by atoms with Crippen LogP contribution in [0.1, 0.15) is 26.7 Å². The average molecular weight is 243 g/mol. The first kappa shape index (κ1) is 12.7. The summed E-state index contributed by atoms with van der Waals surface area (Å²) in [5.41, 5.74) is 5.36. The van der Waals surface area contributed by atoms with Crippen LogP contribution in [0.3, 0.4) is 0 Å². The maximum atomic E-state index is 11.4. The molecule has 4 N–H and O–H groups in total. The van der Waals surface area contributed by atoms with Crippen LogP contribution in [0.4, 0.5) is 11.1 Å². The van der Waals surface area contributed by atoms with Gasteiger partial charge in [0.15, 0.2) is 0 Å². The van der Waals surface area contributed by atoms with Gasteiger partial charge in [-0.15, -0.1) is 0 Å². The summed E-state index contributed by atoms with van der Waals surface area (Å²) in [7, 11) is 0. The summed E-state index contributed by atoms with van der Waals surface area (Å²) in [6.45, 7) is 4.56. The van der Waals surface area contributed by atoms with Gasteiger partial charge in [-0.2, -0.15) is 9.36 Å². The number of nitrogens with zero attached hydrogens (tertiary/aromatic N) is 2. The maximum Gasteiger partial charge on any atom is 0.233 e. The van der Waals surface area contributed by atoms with Gasteiger partial charge in [0.05, 0.1) is 0 Å². The Hall–Kier alpha value is -1.37. The Morgan fingerprint density at radius 3 is 2.94 bits per heavy atom. The van der Waals surface area contributed by atoms with E-state index in [0.29, 0.717) is 18.1 Å². The third-order valence-corrected chi connectivity index (χ3v) is 2.78. The Morgan fingerprint density at radius 1 is 1.62 bits per heavy atom. The first-order valence-corrected chi connectivity index (χ1v) is 6.01. The molecule has 0 spiro atoms.